The number of rotatable bonds is 6. The zero-order valence-electron chi connectivity index (χ0n) is 12.9. The van der Waals surface area contributed by atoms with Crippen molar-refractivity contribution >= 4 is 17.4 Å². The Bertz CT molecular complexity index is 704. The Morgan fingerprint density at radius 1 is 1.17 bits per heavy atom. The molecule has 0 bridgehead atoms. The minimum Gasteiger partial charge on any atom is -0.351 e. The number of nitrogens with zero attached hydrogens (tertiary/aromatic N) is 1. The molecule has 128 valence electrons. The van der Waals surface area contributed by atoms with Crippen LogP contribution in [0.5, 0.6) is 0 Å². The van der Waals surface area contributed by atoms with Gasteiger partial charge in [-0.25, -0.2) is 4.98 Å². The van der Waals surface area contributed by atoms with Crippen LogP contribution in [0, 0.1) is 0 Å². The number of hydrogen-bond donors (Lipinski definition) is 3. The van der Waals surface area contributed by atoms with Gasteiger partial charge in [-0.15, -0.1) is 0 Å². The molecule has 0 saturated heterocycles. The molecule has 24 heavy (non-hydrogen) atoms. The van der Waals surface area contributed by atoms with Gasteiger partial charge in [0.2, 0.25) is 0 Å². The molecule has 2 aromatic rings. The second kappa shape index (κ2) is 7.78. The van der Waals surface area contributed by atoms with E-state index in [1.165, 1.54) is 18.3 Å². The standard InChI is InChI=1S/C16H17F3N4O/c1-20-8-9-22-15(24)13-6-3-7-21-14(13)23-12-5-2-4-11(10-12)16(17,18)19/h2-7,10,20H,8-9H2,1H3,(H,21,23)(H,22,24). The van der Waals surface area contributed by atoms with E-state index in [2.05, 4.69) is 20.9 Å². The van der Waals surface area contributed by atoms with Gasteiger partial charge < -0.3 is 16.0 Å². The molecule has 0 aliphatic rings. The van der Waals surface area contributed by atoms with E-state index in [9.17, 15) is 18.0 Å². The van der Waals surface area contributed by atoms with Crippen molar-refractivity contribution in [2.45, 2.75) is 6.18 Å². The predicted octanol–water partition coefficient (Wildman–Crippen LogP) is 2.79. The molecular formula is C16H17F3N4O. The first-order valence-electron chi connectivity index (χ1n) is 7.24. The van der Waals surface area contributed by atoms with Crippen LogP contribution in [-0.4, -0.2) is 31.0 Å². The van der Waals surface area contributed by atoms with Crippen molar-refractivity contribution in [3.05, 3.63) is 53.7 Å². The molecule has 0 aliphatic heterocycles. The first kappa shape index (κ1) is 17.7. The van der Waals surface area contributed by atoms with Crippen LogP contribution in [0.1, 0.15) is 15.9 Å². The molecule has 5 nitrogen and oxygen atoms in total. The Kier molecular flexibility index (Phi) is 5.75. The summed E-state index contributed by atoms with van der Waals surface area (Å²) < 4.78 is 38.3. The van der Waals surface area contributed by atoms with Gasteiger partial charge in [0.1, 0.15) is 5.82 Å². The Morgan fingerprint density at radius 2 is 1.96 bits per heavy atom. The number of hydrogen-bond acceptors (Lipinski definition) is 4. The van der Waals surface area contributed by atoms with E-state index < -0.39 is 11.7 Å². The zero-order chi connectivity index (χ0) is 17.6. The second-order valence-corrected chi connectivity index (χ2v) is 4.96. The molecule has 0 atom stereocenters. The monoisotopic (exact) mass is 338 g/mol. The van der Waals surface area contributed by atoms with Crippen LogP contribution in [0.25, 0.3) is 0 Å². The van der Waals surface area contributed by atoms with Crippen LogP contribution in [0.15, 0.2) is 42.6 Å². The fourth-order valence-corrected chi connectivity index (χ4v) is 1.99. The summed E-state index contributed by atoms with van der Waals surface area (Å²) >= 11 is 0. The highest BCUT2D eigenvalue weighted by molar-refractivity contribution is 5.99. The minimum absolute atomic E-state index is 0.193. The molecule has 0 fully saturated rings. The lowest BCUT2D eigenvalue weighted by Gasteiger charge is -2.13. The first-order chi connectivity index (χ1) is 11.4. The SMILES string of the molecule is CNCCNC(=O)c1cccnc1Nc1cccc(C(F)(F)F)c1. The van der Waals surface area contributed by atoms with Gasteiger partial charge in [0.25, 0.3) is 5.91 Å². The Balaban J connectivity index is 2.20. The van der Waals surface area contributed by atoms with Crippen molar-refractivity contribution in [3.63, 3.8) is 0 Å². The Hall–Kier alpha value is -2.61. The number of carbonyl (C=O) groups is 1. The summed E-state index contributed by atoms with van der Waals surface area (Å²) in [6, 6.07) is 7.86. The van der Waals surface area contributed by atoms with Crippen LogP contribution in [0.3, 0.4) is 0 Å². The van der Waals surface area contributed by atoms with Crippen molar-refractivity contribution in [2.24, 2.45) is 0 Å². The molecule has 3 N–H and O–H groups in total. The van der Waals surface area contributed by atoms with Gasteiger partial charge >= 0.3 is 6.18 Å². The van der Waals surface area contributed by atoms with E-state index in [1.807, 2.05) is 0 Å². The van der Waals surface area contributed by atoms with Gasteiger partial charge in [-0.3, -0.25) is 4.79 Å². The number of carbonyl (C=O) groups excluding carboxylic acids is 1. The number of pyridine rings is 1. The molecule has 0 unspecified atom stereocenters. The van der Waals surface area contributed by atoms with Gasteiger partial charge in [0, 0.05) is 25.0 Å². The Labute approximate surface area is 137 Å². The third-order valence-corrected chi connectivity index (χ3v) is 3.17. The maximum absolute atomic E-state index is 12.8. The number of aromatic nitrogens is 1. The summed E-state index contributed by atoms with van der Waals surface area (Å²) in [5.74, 6) is -0.161. The number of alkyl halides is 3. The van der Waals surface area contributed by atoms with Crippen LogP contribution in [-0.2, 0) is 6.18 Å². The topological polar surface area (TPSA) is 66.0 Å². The summed E-state index contributed by atoms with van der Waals surface area (Å²) in [6.45, 7) is 1.02. The molecule has 0 aliphatic carbocycles. The summed E-state index contributed by atoms with van der Waals surface area (Å²) in [5, 5.41) is 8.37. The lowest BCUT2D eigenvalue weighted by atomic mass is 10.2. The van der Waals surface area contributed by atoms with E-state index in [1.54, 1.807) is 19.2 Å². The van der Waals surface area contributed by atoms with Crippen molar-refractivity contribution in [3.8, 4) is 0 Å². The normalized spacial score (nSPS) is 11.2. The van der Waals surface area contributed by atoms with Gasteiger partial charge in [-0.1, -0.05) is 6.07 Å². The lowest BCUT2D eigenvalue weighted by molar-refractivity contribution is -0.137. The smallest absolute Gasteiger partial charge is 0.351 e. The lowest BCUT2D eigenvalue weighted by Crippen LogP contribution is -2.30. The molecular weight excluding hydrogens is 321 g/mol. The van der Waals surface area contributed by atoms with Crippen LogP contribution in [0.2, 0.25) is 0 Å². The number of halogens is 3. The predicted molar refractivity (Wildman–Crippen MR) is 85.2 cm³/mol. The number of anilines is 2. The van der Waals surface area contributed by atoms with Crippen LogP contribution < -0.4 is 16.0 Å². The average molecular weight is 338 g/mol. The average Bonchev–Trinajstić information content (AvgIpc) is 2.55. The van der Waals surface area contributed by atoms with Gasteiger partial charge in [-0.05, 0) is 37.4 Å². The van der Waals surface area contributed by atoms with E-state index >= 15 is 0 Å². The molecule has 1 amide bonds. The summed E-state index contributed by atoms with van der Waals surface area (Å²) in [4.78, 5) is 16.2. The maximum atomic E-state index is 12.8. The highest BCUT2D eigenvalue weighted by Gasteiger charge is 2.30. The number of amides is 1. The number of likely N-dealkylation sites (N-methyl/N-ethyl adjacent to an activating group) is 1. The molecule has 1 aromatic carbocycles. The fourth-order valence-electron chi connectivity index (χ4n) is 1.99. The van der Waals surface area contributed by atoms with E-state index in [-0.39, 0.29) is 23.0 Å². The Morgan fingerprint density at radius 3 is 2.67 bits per heavy atom. The van der Waals surface area contributed by atoms with E-state index in [0.717, 1.165) is 12.1 Å². The minimum atomic E-state index is -4.44. The third kappa shape index (κ3) is 4.69. The van der Waals surface area contributed by atoms with Crippen molar-refractivity contribution < 1.29 is 18.0 Å². The first-order valence-corrected chi connectivity index (χ1v) is 7.24. The highest BCUT2D eigenvalue weighted by Crippen LogP contribution is 2.31. The summed E-state index contributed by atoms with van der Waals surface area (Å²) in [5.41, 5.74) is -0.317. The molecule has 2 rings (SSSR count). The highest BCUT2D eigenvalue weighted by atomic mass is 19.4. The van der Waals surface area contributed by atoms with Gasteiger partial charge in [0.15, 0.2) is 0 Å². The van der Waals surface area contributed by atoms with E-state index in [0.29, 0.717) is 13.1 Å². The second-order valence-electron chi connectivity index (χ2n) is 4.96. The van der Waals surface area contributed by atoms with Gasteiger partial charge in [-0.2, -0.15) is 13.2 Å². The van der Waals surface area contributed by atoms with Crippen LogP contribution in [0.4, 0.5) is 24.7 Å². The van der Waals surface area contributed by atoms with E-state index in [4.69, 9.17) is 0 Å². The fraction of sp³-hybridized carbons (Fsp3) is 0.250. The molecule has 8 heteroatoms. The quantitative estimate of drug-likeness (QED) is 0.709. The van der Waals surface area contributed by atoms with Gasteiger partial charge in [0.05, 0.1) is 11.1 Å². The van der Waals surface area contributed by atoms with Crippen LogP contribution >= 0.6 is 0 Å². The summed E-state index contributed by atoms with van der Waals surface area (Å²) in [6.07, 6.45) is -2.98. The van der Waals surface area contributed by atoms with Crippen molar-refractivity contribution in [2.75, 3.05) is 25.5 Å². The molecule has 1 heterocycles. The molecule has 0 spiro atoms. The molecule has 1 aromatic heterocycles. The van der Waals surface area contributed by atoms with Crippen molar-refractivity contribution in [1.82, 2.24) is 15.6 Å². The molecule has 0 radical (unpaired) electrons. The largest absolute Gasteiger partial charge is 0.416 e. The number of nitrogens with one attached hydrogen (secondary N) is 3. The maximum Gasteiger partial charge on any atom is 0.416 e. The molecule has 0 saturated carbocycles. The number of benzene rings is 1. The third-order valence-electron chi connectivity index (χ3n) is 3.17. The van der Waals surface area contributed by atoms with Crippen molar-refractivity contribution in [1.29, 1.82) is 0 Å². The zero-order valence-corrected chi connectivity index (χ0v) is 12.9. The summed E-state index contributed by atoms with van der Waals surface area (Å²) in [7, 11) is 1.76.